The van der Waals surface area contributed by atoms with E-state index in [0.717, 1.165) is 33.4 Å². The summed E-state index contributed by atoms with van der Waals surface area (Å²) in [5.74, 6) is -0.526. The monoisotopic (exact) mass is 426 g/mol. The molecule has 0 saturated heterocycles. The number of hydrogen-bond donors (Lipinski definition) is 2. The van der Waals surface area contributed by atoms with E-state index in [1.807, 2.05) is 49.5 Å². The molecular weight excluding hydrogens is 404 g/mol. The van der Waals surface area contributed by atoms with E-state index in [1.165, 1.54) is 0 Å². The van der Waals surface area contributed by atoms with Crippen molar-refractivity contribution in [1.29, 1.82) is 0 Å². The van der Waals surface area contributed by atoms with Gasteiger partial charge in [0.2, 0.25) is 5.91 Å². The van der Waals surface area contributed by atoms with Gasteiger partial charge in [-0.2, -0.15) is 5.10 Å². The van der Waals surface area contributed by atoms with E-state index >= 15 is 0 Å². The largest absolute Gasteiger partial charge is 0.357 e. The molecule has 3 aromatic heterocycles. The van der Waals surface area contributed by atoms with Crippen LogP contribution >= 0.6 is 0 Å². The summed E-state index contributed by atoms with van der Waals surface area (Å²) in [4.78, 5) is 33.3. The zero-order chi connectivity index (χ0) is 22.3. The summed E-state index contributed by atoms with van der Waals surface area (Å²) in [6, 6.07) is 13.5. The molecule has 5 rings (SSSR count). The van der Waals surface area contributed by atoms with Crippen LogP contribution in [0, 0.1) is 6.92 Å². The lowest BCUT2D eigenvalue weighted by molar-refractivity contribution is -0.123. The summed E-state index contributed by atoms with van der Waals surface area (Å²) in [7, 11) is 1.57. The lowest BCUT2D eigenvalue weighted by Crippen LogP contribution is -2.48. The highest BCUT2D eigenvalue weighted by Crippen LogP contribution is 2.35. The van der Waals surface area contributed by atoms with E-state index in [2.05, 4.69) is 25.7 Å². The van der Waals surface area contributed by atoms with Crippen LogP contribution in [0.3, 0.4) is 0 Å². The Bertz CT molecular complexity index is 1340. The molecule has 8 heteroatoms. The van der Waals surface area contributed by atoms with Crippen LogP contribution in [0.2, 0.25) is 0 Å². The number of amides is 2. The zero-order valence-corrected chi connectivity index (χ0v) is 17.8. The number of carbonyl (C=O) groups is 2. The quantitative estimate of drug-likeness (QED) is 0.511. The van der Waals surface area contributed by atoms with Gasteiger partial charge in [0.25, 0.3) is 5.91 Å². The molecule has 3 heterocycles. The van der Waals surface area contributed by atoms with Gasteiger partial charge in [-0.15, -0.1) is 0 Å². The first-order chi connectivity index (χ1) is 15.5. The molecule has 8 nitrogen and oxygen atoms in total. The van der Waals surface area contributed by atoms with E-state index in [4.69, 9.17) is 0 Å². The van der Waals surface area contributed by atoms with E-state index < -0.39 is 5.54 Å². The average molecular weight is 426 g/mol. The second kappa shape index (κ2) is 7.56. The number of aryl methyl sites for hydroxylation is 1. The van der Waals surface area contributed by atoms with Crippen LogP contribution in [-0.4, -0.2) is 44.1 Å². The number of fused-ring (bicyclic) bond motifs is 1. The van der Waals surface area contributed by atoms with E-state index in [1.54, 1.807) is 30.2 Å². The third-order valence-electron chi connectivity index (χ3n) is 5.76. The van der Waals surface area contributed by atoms with Crippen LogP contribution in [-0.2, 0) is 4.79 Å². The topological polar surface area (TPSA) is 102 Å². The number of hydrogen-bond acceptors (Lipinski definition) is 5. The van der Waals surface area contributed by atoms with Crippen molar-refractivity contribution in [3.05, 3.63) is 72.4 Å². The average Bonchev–Trinajstić information content (AvgIpc) is 3.47. The third kappa shape index (κ3) is 3.60. The van der Waals surface area contributed by atoms with Gasteiger partial charge in [0, 0.05) is 30.5 Å². The fraction of sp³-hybridized carbons (Fsp3) is 0.208. The lowest BCUT2D eigenvalue weighted by atomic mass is 10.0. The molecule has 0 bridgehead atoms. The Hall–Kier alpha value is -4.07. The van der Waals surface area contributed by atoms with Gasteiger partial charge >= 0.3 is 0 Å². The van der Waals surface area contributed by atoms with E-state index in [0.29, 0.717) is 12.8 Å². The number of pyridine rings is 2. The fourth-order valence-corrected chi connectivity index (χ4v) is 3.72. The summed E-state index contributed by atoms with van der Waals surface area (Å²) in [6.07, 6.45) is 6.63. The molecule has 0 radical (unpaired) electrons. The predicted molar refractivity (Wildman–Crippen MR) is 120 cm³/mol. The van der Waals surface area contributed by atoms with Gasteiger partial charge in [-0.25, -0.2) is 4.68 Å². The molecule has 0 unspecified atom stereocenters. The Kier molecular flexibility index (Phi) is 4.70. The van der Waals surface area contributed by atoms with Crippen molar-refractivity contribution >= 4 is 22.7 Å². The molecular formula is C24H22N6O2. The summed E-state index contributed by atoms with van der Waals surface area (Å²) >= 11 is 0. The molecule has 4 aromatic rings. The van der Waals surface area contributed by atoms with E-state index in [-0.39, 0.29) is 17.5 Å². The maximum absolute atomic E-state index is 12.7. The van der Waals surface area contributed by atoms with Gasteiger partial charge in [-0.1, -0.05) is 6.07 Å². The molecule has 0 spiro atoms. The van der Waals surface area contributed by atoms with Crippen molar-refractivity contribution < 1.29 is 9.59 Å². The number of nitrogens with zero attached hydrogens (tertiary/aromatic N) is 4. The smallest absolute Gasteiger partial charge is 0.270 e. The molecule has 2 N–H and O–H groups in total. The Labute approximate surface area is 184 Å². The van der Waals surface area contributed by atoms with E-state index in [9.17, 15) is 9.59 Å². The first-order valence-corrected chi connectivity index (χ1v) is 10.4. The maximum Gasteiger partial charge on any atom is 0.270 e. The summed E-state index contributed by atoms with van der Waals surface area (Å²) in [6.45, 7) is 1.95. The Morgan fingerprint density at radius 3 is 2.56 bits per heavy atom. The molecule has 1 saturated carbocycles. The molecule has 0 atom stereocenters. The SMILES string of the molecule is CNC(=O)C1(NC(=O)c2cc(-c3ccc4nn(-c5ccc(C)nc5)cc4c3)ccn2)CC1. The highest BCUT2D eigenvalue weighted by Gasteiger charge is 2.50. The minimum absolute atomic E-state index is 0.173. The van der Waals surface area contributed by atoms with Gasteiger partial charge in [0.05, 0.1) is 17.4 Å². The molecule has 1 fully saturated rings. The van der Waals surface area contributed by atoms with Crippen molar-refractivity contribution in [2.75, 3.05) is 7.05 Å². The summed E-state index contributed by atoms with van der Waals surface area (Å²) < 4.78 is 1.81. The van der Waals surface area contributed by atoms with Crippen LogP contribution in [0.1, 0.15) is 29.0 Å². The highest BCUT2D eigenvalue weighted by atomic mass is 16.2. The second-order valence-corrected chi connectivity index (χ2v) is 8.05. The number of likely N-dealkylation sites (N-methyl/N-ethyl adjacent to an activating group) is 1. The minimum atomic E-state index is -0.804. The molecule has 0 aliphatic heterocycles. The molecule has 1 aliphatic carbocycles. The van der Waals surface area contributed by atoms with Gasteiger partial charge in [-0.05, 0) is 67.3 Å². The van der Waals surface area contributed by atoms with Gasteiger partial charge in [0.15, 0.2) is 0 Å². The summed E-state index contributed by atoms with van der Waals surface area (Å²) in [5.41, 5.74) is 3.99. The third-order valence-corrected chi connectivity index (χ3v) is 5.76. The maximum atomic E-state index is 12.7. The molecule has 32 heavy (non-hydrogen) atoms. The predicted octanol–water partition coefficient (Wildman–Crippen LogP) is 2.80. The fourth-order valence-electron chi connectivity index (χ4n) is 3.72. The number of rotatable bonds is 5. The van der Waals surface area contributed by atoms with Crippen molar-refractivity contribution in [2.24, 2.45) is 0 Å². The van der Waals surface area contributed by atoms with Crippen LogP contribution in [0.5, 0.6) is 0 Å². The van der Waals surface area contributed by atoms with Gasteiger partial charge in [-0.3, -0.25) is 19.6 Å². The van der Waals surface area contributed by atoms with Crippen LogP contribution in [0.25, 0.3) is 27.7 Å². The Morgan fingerprint density at radius 2 is 1.84 bits per heavy atom. The van der Waals surface area contributed by atoms with Crippen LogP contribution in [0.4, 0.5) is 0 Å². The van der Waals surface area contributed by atoms with Gasteiger partial charge < -0.3 is 10.6 Å². The number of benzene rings is 1. The number of aromatic nitrogens is 4. The number of carbonyl (C=O) groups excluding carboxylic acids is 2. The molecule has 2 amide bonds. The van der Waals surface area contributed by atoms with Crippen molar-refractivity contribution in [1.82, 2.24) is 30.4 Å². The summed E-state index contributed by atoms with van der Waals surface area (Å²) in [5, 5.41) is 11.0. The molecule has 1 aromatic carbocycles. The van der Waals surface area contributed by atoms with Gasteiger partial charge in [0.1, 0.15) is 11.2 Å². The zero-order valence-electron chi connectivity index (χ0n) is 17.8. The number of nitrogens with one attached hydrogen (secondary N) is 2. The molecule has 1 aliphatic rings. The Morgan fingerprint density at radius 1 is 1.03 bits per heavy atom. The minimum Gasteiger partial charge on any atom is -0.357 e. The van der Waals surface area contributed by atoms with Crippen molar-refractivity contribution in [3.63, 3.8) is 0 Å². The standard InChI is InChI=1S/C24H22N6O2/c1-15-3-5-19(13-27-15)30-14-18-11-16(4-6-20(18)29-30)17-7-10-26-21(12-17)22(31)28-24(8-9-24)23(32)25-2/h3-7,10-14H,8-9H2,1-2H3,(H,25,32)(H,28,31). The first kappa shape index (κ1) is 19.9. The lowest BCUT2D eigenvalue weighted by Gasteiger charge is -2.15. The second-order valence-electron chi connectivity index (χ2n) is 8.05. The first-order valence-electron chi connectivity index (χ1n) is 10.4. The van der Waals surface area contributed by atoms with Crippen LogP contribution < -0.4 is 10.6 Å². The van der Waals surface area contributed by atoms with Crippen molar-refractivity contribution in [2.45, 2.75) is 25.3 Å². The highest BCUT2D eigenvalue weighted by molar-refractivity contribution is 6.00. The normalized spacial score (nSPS) is 14.2. The molecule has 160 valence electrons. The Balaban J connectivity index is 1.42. The van der Waals surface area contributed by atoms with Crippen molar-refractivity contribution in [3.8, 4) is 16.8 Å². The van der Waals surface area contributed by atoms with Crippen LogP contribution in [0.15, 0.2) is 61.1 Å².